The lowest BCUT2D eigenvalue weighted by Crippen LogP contribution is -2.14. The summed E-state index contributed by atoms with van der Waals surface area (Å²) in [5.74, 6) is 0.133. The van der Waals surface area contributed by atoms with Crippen LogP contribution in [0.15, 0.2) is 48.5 Å². The fourth-order valence-corrected chi connectivity index (χ4v) is 2.32. The molecule has 0 atom stereocenters. The van der Waals surface area contributed by atoms with Crippen LogP contribution in [0.25, 0.3) is 11.0 Å². The first-order chi connectivity index (χ1) is 11.1. The van der Waals surface area contributed by atoms with Gasteiger partial charge >= 0.3 is 0 Å². The second-order valence-corrected chi connectivity index (χ2v) is 5.44. The van der Waals surface area contributed by atoms with Gasteiger partial charge in [-0.15, -0.1) is 0 Å². The van der Waals surface area contributed by atoms with Crippen molar-refractivity contribution in [1.29, 1.82) is 0 Å². The van der Waals surface area contributed by atoms with E-state index in [2.05, 4.69) is 15.3 Å². The molecule has 0 saturated heterocycles. The first-order valence-electron chi connectivity index (χ1n) is 7.46. The molecule has 0 aliphatic heterocycles. The highest BCUT2D eigenvalue weighted by atomic mass is 16.2. The molecular formula is C18H17N3O2. The second-order valence-electron chi connectivity index (χ2n) is 5.44. The maximum absolute atomic E-state index is 12.1. The minimum atomic E-state index is -0.232. The fourth-order valence-electron chi connectivity index (χ4n) is 2.32. The molecule has 0 radical (unpaired) electrons. The summed E-state index contributed by atoms with van der Waals surface area (Å²) in [4.78, 5) is 31.3. The van der Waals surface area contributed by atoms with Crippen molar-refractivity contribution in [3.8, 4) is 0 Å². The van der Waals surface area contributed by atoms with Crippen LogP contribution in [0.4, 0.5) is 5.95 Å². The number of anilines is 1. The lowest BCUT2D eigenvalue weighted by Gasteiger charge is -2.02. The lowest BCUT2D eigenvalue weighted by atomic mass is 10.1. The molecule has 0 aliphatic rings. The van der Waals surface area contributed by atoms with Gasteiger partial charge in [-0.1, -0.05) is 42.0 Å². The standard InChI is InChI=1S/C18H17N3O2/c1-12-6-8-13(9-7-12)16(22)10-11-17(23)21-18-19-14-4-2-3-5-15(14)20-18/h2-9H,10-11H2,1H3,(H2,19,20,21,23). The Labute approximate surface area is 133 Å². The van der Waals surface area contributed by atoms with Gasteiger partial charge in [-0.25, -0.2) is 4.98 Å². The van der Waals surface area contributed by atoms with Crippen LogP contribution >= 0.6 is 0 Å². The van der Waals surface area contributed by atoms with E-state index < -0.39 is 0 Å². The van der Waals surface area contributed by atoms with Gasteiger partial charge in [0.15, 0.2) is 5.78 Å². The molecule has 5 heteroatoms. The van der Waals surface area contributed by atoms with Crippen LogP contribution in [0, 0.1) is 6.92 Å². The first kappa shape index (κ1) is 15.0. The molecule has 3 aromatic rings. The topological polar surface area (TPSA) is 74.8 Å². The molecule has 23 heavy (non-hydrogen) atoms. The lowest BCUT2D eigenvalue weighted by molar-refractivity contribution is -0.116. The third-order valence-electron chi connectivity index (χ3n) is 3.60. The van der Waals surface area contributed by atoms with Crippen LogP contribution in [0.1, 0.15) is 28.8 Å². The molecule has 3 rings (SSSR count). The smallest absolute Gasteiger partial charge is 0.227 e. The SMILES string of the molecule is Cc1ccc(C(=O)CCC(=O)Nc2nc3ccccc3[nH]2)cc1. The Hall–Kier alpha value is -2.95. The van der Waals surface area contributed by atoms with E-state index in [4.69, 9.17) is 0 Å². The molecule has 5 nitrogen and oxygen atoms in total. The van der Waals surface area contributed by atoms with Crippen molar-refractivity contribution in [2.45, 2.75) is 19.8 Å². The third-order valence-corrected chi connectivity index (χ3v) is 3.60. The highest BCUT2D eigenvalue weighted by molar-refractivity contribution is 5.99. The number of H-pyrrole nitrogens is 1. The number of nitrogens with zero attached hydrogens (tertiary/aromatic N) is 1. The number of hydrogen-bond acceptors (Lipinski definition) is 3. The minimum absolute atomic E-state index is 0.0373. The number of para-hydroxylation sites is 2. The largest absolute Gasteiger partial charge is 0.324 e. The first-order valence-corrected chi connectivity index (χ1v) is 7.46. The average molecular weight is 307 g/mol. The molecule has 1 aromatic heterocycles. The van der Waals surface area contributed by atoms with Crippen LogP contribution in [-0.4, -0.2) is 21.7 Å². The van der Waals surface area contributed by atoms with Crippen molar-refractivity contribution in [3.05, 3.63) is 59.7 Å². The number of imidazole rings is 1. The Morgan fingerprint density at radius 1 is 1.04 bits per heavy atom. The van der Waals surface area contributed by atoms with E-state index in [1.807, 2.05) is 43.3 Å². The maximum Gasteiger partial charge on any atom is 0.227 e. The number of fused-ring (bicyclic) bond motifs is 1. The van der Waals surface area contributed by atoms with Crippen molar-refractivity contribution in [2.75, 3.05) is 5.32 Å². The number of aryl methyl sites for hydroxylation is 1. The zero-order chi connectivity index (χ0) is 16.2. The number of benzene rings is 2. The van der Waals surface area contributed by atoms with Gasteiger partial charge in [0.2, 0.25) is 11.9 Å². The monoisotopic (exact) mass is 307 g/mol. The molecule has 1 amide bonds. The summed E-state index contributed by atoms with van der Waals surface area (Å²) in [7, 11) is 0. The normalized spacial score (nSPS) is 10.7. The second kappa shape index (κ2) is 6.44. The van der Waals surface area contributed by atoms with Gasteiger partial charge in [0.05, 0.1) is 11.0 Å². The number of aromatic amines is 1. The van der Waals surface area contributed by atoms with E-state index in [1.54, 1.807) is 12.1 Å². The van der Waals surface area contributed by atoms with Crippen LogP contribution in [0.3, 0.4) is 0 Å². The summed E-state index contributed by atoms with van der Waals surface area (Å²) in [6.45, 7) is 1.97. The van der Waals surface area contributed by atoms with Gasteiger partial charge in [0.1, 0.15) is 0 Å². The third kappa shape index (κ3) is 3.63. The van der Waals surface area contributed by atoms with Crippen LogP contribution in [0.2, 0.25) is 0 Å². The number of carbonyl (C=O) groups is 2. The van der Waals surface area contributed by atoms with E-state index in [9.17, 15) is 9.59 Å². The van der Waals surface area contributed by atoms with Gasteiger partial charge in [0, 0.05) is 18.4 Å². The average Bonchev–Trinajstić information content (AvgIpc) is 2.95. The van der Waals surface area contributed by atoms with E-state index in [0.717, 1.165) is 16.6 Å². The number of ketones is 1. The van der Waals surface area contributed by atoms with E-state index >= 15 is 0 Å². The predicted molar refractivity (Wildman–Crippen MR) is 89.5 cm³/mol. The molecular weight excluding hydrogens is 290 g/mol. The van der Waals surface area contributed by atoms with Crippen LogP contribution in [0.5, 0.6) is 0 Å². The summed E-state index contributed by atoms with van der Waals surface area (Å²) in [6, 6.07) is 14.9. The van der Waals surface area contributed by atoms with Crippen molar-refractivity contribution in [2.24, 2.45) is 0 Å². The number of carbonyl (C=O) groups excluding carboxylic acids is 2. The summed E-state index contributed by atoms with van der Waals surface area (Å²) in [6.07, 6.45) is 0.304. The van der Waals surface area contributed by atoms with E-state index in [-0.39, 0.29) is 24.5 Å². The number of amides is 1. The van der Waals surface area contributed by atoms with Crippen molar-refractivity contribution < 1.29 is 9.59 Å². The van der Waals surface area contributed by atoms with Gasteiger partial charge in [-0.2, -0.15) is 0 Å². The Bertz CT molecular complexity index is 817. The van der Waals surface area contributed by atoms with Gasteiger partial charge < -0.3 is 4.98 Å². The fraction of sp³-hybridized carbons (Fsp3) is 0.167. The molecule has 0 spiro atoms. The van der Waals surface area contributed by atoms with Crippen molar-refractivity contribution >= 4 is 28.7 Å². The molecule has 0 unspecified atom stereocenters. The molecule has 0 fully saturated rings. The number of nitrogens with one attached hydrogen (secondary N) is 2. The predicted octanol–water partition coefficient (Wildman–Crippen LogP) is 3.47. The molecule has 2 N–H and O–H groups in total. The highest BCUT2D eigenvalue weighted by Crippen LogP contribution is 2.14. The Kier molecular flexibility index (Phi) is 4.19. The molecule has 0 saturated carbocycles. The summed E-state index contributed by atoms with van der Waals surface area (Å²) >= 11 is 0. The molecule has 2 aromatic carbocycles. The quantitative estimate of drug-likeness (QED) is 0.709. The molecule has 0 aliphatic carbocycles. The molecule has 1 heterocycles. The number of Topliss-reactive ketones (excluding diaryl/α,β-unsaturated/α-hetero) is 1. The maximum atomic E-state index is 12.1. The number of rotatable bonds is 5. The number of aromatic nitrogens is 2. The van der Waals surface area contributed by atoms with Crippen molar-refractivity contribution in [1.82, 2.24) is 9.97 Å². The Morgan fingerprint density at radius 3 is 2.52 bits per heavy atom. The zero-order valence-electron chi connectivity index (χ0n) is 12.8. The van der Waals surface area contributed by atoms with Crippen LogP contribution < -0.4 is 5.32 Å². The van der Waals surface area contributed by atoms with E-state index in [1.165, 1.54) is 0 Å². The molecule has 0 bridgehead atoms. The van der Waals surface area contributed by atoms with Gasteiger partial charge in [-0.05, 0) is 19.1 Å². The summed E-state index contributed by atoms with van der Waals surface area (Å²) < 4.78 is 0. The van der Waals surface area contributed by atoms with Gasteiger partial charge in [-0.3, -0.25) is 14.9 Å². The van der Waals surface area contributed by atoms with Gasteiger partial charge in [0.25, 0.3) is 0 Å². The van der Waals surface area contributed by atoms with Crippen LogP contribution in [-0.2, 0) is 4.79 Å². The Morgan fingerprint density at radius 2 is 1.78 bits per heavy atom. The number of hydrogen-bond donors (Lipinski definition) is 2. The molecule has 116 valence electrons. The van der Waals surface area contributed by atoms with Crippen molar-refractivity contribution in [3.63, 3.8) is 0 Å². The van der Waals surface area contributed by atoms with E-state index in [0.29, 0.717) is 11.5 Å². The highest BCUT2D eigenvalue weighted by Gasteiger charge is 2.11. The Balaban J connectivity index is 1.56. The summed E-state index contributed by atoms with van der Waals surface area (Å²) in [5.41, 5.74) is 3.38. The zero-order valence-corrected chi connectivity index (χ0v) is 12.8. The summed E-state index contributed by atoms with van der Waals surface area (Å²) in [5, 5.41) is 2.69. The minimum Gasteiger partial charge on any atom is -0.324 e.